The van der Waals surface area contributed by atoms with Gasteiger partial charge in [0.25, 0.3) is 0 Å². The first-order valence-electron chi connectivity index (χ1n) is 5.93. The van der Waals surface area contributed by atoms with Gasteiger partial charge in [-0.25, -0.2) is 0 Å². The lowest BCUT2D eigenvalue weighted by atomic mass is 10.0. The van der Waals surface area contributed by atoms with Crippen LogP contribution in [0.1, 0.15) is 43.8 Å². The number of furan rings is 1. The summed E-state index contributed by atoms with van der Waals surface area (Å²) in [5.41, 5.74) is 2.45. The van der Waals surface area contributed by atoms with Crippen LogP contribution in [0.3, 0.4) is 0 Å². The van der Waals surface area contributed by atoms with Gasteiger partial charge in [0.1, 0.15) is 11.5 Å². The molecule has 0 spiro atoms. The van der Waals surface area contributed by atoms with Gasteiger partial charge in [-0.2, -0.15) is 0 Å². The molecule has 0 aliphatic rings. The molecule has 0 aliphatic heterocycles. The van der Waals surface area contributed by atoms with Gasteiger partial charge in [-0.15, -0.1) is 0 Å². The van der Waals surface area contributed by atoms with Gasteiger partial charge < -0.3 is 4.42 Å². The lowest BCUT2D eigenvalue weighted by Crippen LogP contribution is -1.88. The molecule has 1 aromatic heterocycles. The van der Waals surface area contributed by atoms with Gasteiger partial charge in [-0.1, -0.05) is 26.5 Å². The zero-order chi connectivity index (χ0) is 12.1. The maximum Gasteiger partial charge on any atom is 0.130 e. The third-order valence-corrected chi connectivity index (χ3v) is 2.67. The minimum absolute atomic E-state index is 0.725. The Bertz CT molecular complexity index is 380. The largest absolute Gasteiger partial charge is 0.462 e. The van der Waals surface area contributed by atoms with Crippen LogP contribution in [0.5, 0.6) is 0 Å². The standard InChI is InChI=1S/C15H22O/c1-6-14(8-7-11(2)3)10-15-12(4)9-13(5)16-15/h6,9-11H,1,7-8H2,2-5H3/b14-10+. The van der Waals surface area contributed by atoms with Gasteiger partial charge in [0, 0.05) is 0 Å². The van der Waals surface area contributed by atoms with E-state index in [0.29, 0.717) is 0 Å². The molecular formula is C15H22O. The van der Waals surface area contributed by atoms with E-state index in [4.69, 9.17) is 4.42 Å². The first-order valence-corrected chi connectivity index (χ1v) is 5.93. The average Bonchev–Trinajstić information content (AvgIpc) is 2.51. The Labute approximate surface area is 98.9 Å². The molecule has 0 fully saturated rings. The van der Waals surface area contributed by atoms with Crippen LogP contribution >= 0.6 is 0 Å². The van der Waals surface area contributed by atoms with E-state index in [1.807, 2.05) is 13.0 Å². The maximum absolute atomic E-state index is 5.63. The van der Waals surface area contributed by atoms with Crippen molar-refractivity contribution >= 4 is 6.08 Å². The Kier molecular flexibility index (Phi) is 4.60. The Morgan fingerprint density at radius 2 is 2.12 bits per heavy atom. The van der Waals surface area contributed by atoms with Crippen LogP contribution in [0.2, 0.25) is 0 Å². The molecule has 1 rings (SSSR count). The van der Waals surface area contributed by atoms with E-state index in [1.165, 1.54) is 17.6 Å². The first kappa shape index (κ1) is 12.8. The molecule has 16 heavy (non-hydrogen) atoms. The Morgan fingerprint density at radius 3 is 2.56 bits per heavy atom. The maximum atomic E-state index is 5.63. The highest BCUT2D eigenvalue weighted by Crippen LogP contribution is 2.20. The average molecular weight is 218 g/mol. The molecule has 0 aliphatic carbocycles. The van der Waals surface area contributed by atoms with E-state index >= 15 is 0 Å². The fraction of sp³-hybridized carbons (Fsp3) is 0.467. The molecule has 88 valence electrons. The van der Waals surface area contributed by atoms with Gasteiger partial charge in [0.2, 0.25) is 0 Å². The van der Waals surface area contributed by atoms with E-state index in [9.17, 15) is 0 Å². The van der Waals surface area contributed by atoms with Crippen LogP contribution in [0.4, 0.5) is 0 Å². The monoisotopic (exact) mass is 218 g/mol. The topological polar surface area (TPSA) is 13.1 Å². The number of aryl methyl sites for hydroxylation is 2. The Hall–Kier alpha value is -1.24. The van der Waals surface area contributed by atoms with Crippen molar-refractivity contribution < 1.29 is 4.42 Å². The molecule has 0 unspecified atom stereocenters. The minimum Gasteiger partial charge on any atom is -0.462 e. The summed E-state index contributed by atoms with van der Waals surface area (Å²) in [7, 11) is 0. The van der Waals surface area contributed by atoms with E-state index < -0.39 is 0 Å². The Morgan fingerprint density at radius 1 is 1.44 bits per heavy atom. The van der Waals surface area contributed by atoms with E-state index in [-0.39, 0.29) is 0 Å². The highest BCUT2D eigenvalue weighted by atomic mass is 16.3. The Balaban J connectivity index is 2.79. The van der Waals surface area contributed by atoms with E-state index in [2.05, 4.69) is 39.5 Å². The molecule has 0 saturated carbocycles. The van der Waals surface area contributed by atoms with Crippen molar-refractivity contribution in [2.45, 2.75) is 40.5 Å². The molecule has 1 aromatic rings. The molecule has 0 saturated heterocycles. The molecule has 0 bridgehead atoms. The second-order valence-corrected chi connectivity index (χ2v) is 4.76. The number of rotatable bonds is 5. The lowest BCUT2D eigenvalue weighted by Gasteiger charge is -2.04. The van der Waals surface area contributed by atoms with Crippen molar-refractivity contribution in [3.63, 3.8) is 0 Å². The van der Waals surface area contributed by atoms with Crippen LogP contribution in [0.25, 0.3) is 6.08 Å². The minimum atomic E-state index is 0.725. The van der Waals surface area contributed by atoms with Crippen molar-refractivity contribution in [3.05, 3.63) is 41.4 Å². The molecule has 1 nitrogen and oxygen atoms in total. The van der Waals surface area contributed by atoms with E-state index in [0.717, 1.165) is 23.9 Å². The van der Waals surface area contributed by atoms with Crippen molar-refractivity contribution in [3.8, 4) is 0 Å². The third-order valence-electron chi connectivity index (χ3n) is 2.67. The van der Waals surface area contributed by atoms with Gasteiger partial charge in [0.05, 0.1) is 0 Å². The van der Waals surface area contributed by atoms with Gasteiger partial charge in [-0.3, -0.25) is 0 Å². The normalized spacial score (nSPS) is 12.2. The number of allylic oxidation sites excluding steroid dienone is 2. The second kappa shape index (κ2) is 5.74. The summed E-state index contributed by atoms with van der Waals surface area (Å²) >= 11 is 0. The fourth-order valence-electron chi connectivity index (χ4n) is 1.66. The second-order valence-electron chi connectivity index (χ2n) is 4.76. The van der Waals surface area contributed by atoms with E-state index in [1.54, 1.807) is 0 Å². The van der Waals surface area contributed by atoms with Crippen LogP contribution in [-0.4, -0.2) is 0 Å². The quantitative estimate of drug-likeness (QED) is 0.640. The van der Waals surface area contributed by atoms with Crippen molar-refractivity contribution in [2.75, 3.05) is 0 Å². The molecule has 0 radical (unpaired) electrons. The van der Waals surface area contributed by atoms with Gasteiger partial charge in [-0.05, 0) is 55.9 Å². The van der Waals surface area contributed by atoms with Crippen LogP contribution in [0.15, 0.2) is 28.7 Å². The number of hydrogen-bond donors (Lipinski definition) is 0. The summed E-state index contributed by atoms with van der Waals surface area (Å²) < 4.78 is 5.63. The van der Waals surface area contributed by atoms with Crippen LogP contribution < -0.4 is 0 Å². The zero-order valence-corrected chi connectivity index (χ0v) is 10.8. The van der Waals surface area contributed by atoms with Crippen molar-refractivity contribution in [2.24, 2.45) is 5.92 Å². The summed E-state index contributed by atoms with van der Waals surface area (Å²) in [4.78, 5) is 0. The van der Waals surface area contributed by atoms with Gasteiger partial charge >= 0.3 is 0 Å². The smallest absolute Gasteiger partial charge is 0.130 e. The summed E-state index contributed by atoms with van der Waals surface area (Å²) in [6.07, 6.45) is 6.30. The molecule has 1 heterocycles. The molecule has 1 heteroatoms. The first-order chi connectivity index (χ1) is 7.52. The SMILES string of the molecule is C=C/C(=C\c1oc(C)cc1C)CCC(C)C. The lowest BCUT2D eigenvalue weighted by molar-refractivity contribution is 0.522. The third kappa shape index (κ3) is 3.73. The van der Waals surface area contributed by atoms with Crippen LogP contribution in [-0.2, 0) is 0 Å². The summed E-state index contributed by atoms with van der Waals surface area (Å²) in [5, 5.41) is 0. The molecule has 0 atom stereocenters. The number of hydrogen-bond acceptors (Lipinski definition) is 1. The fourth-order valence-corrected chi connectivity index (χ4v) is 1.66. The van der Waals surface area contributed by atoms with Gasteiger partial charge in [0.15, 0.2) is 0 Å². The van der Waals surface area contributed by atoms with Crippen molar-refractivity contribution in [1.82, 2.24) is 0 Å². The predicted molar refractivity (Wildman–Crippen MR) is 70.4 cm³/mol. The molecule has 0 N–H and O–H groups in total. The highest BCUT2D eigenvalue weighted by molar-refractivity contribution is 5.54. The zero-order valence-electron chi connectivity index (χ0n) is 10.8. The molecule has 0 aromatic carbocycles. The predicted octanol–water partition coefficient (Wildman–Crippen LogP) is 4.90. The summed E-state index contributed by atoms with van der Waals surface area (Å²) in [6, 6.07) is 2.06. The molecule has 0 amide bonds. The summed E-state index contributed by atoms with van der Waals surface area (Å²) in [5.74, 6) is 2.66. The van der Waals surface area contributed by atoms with Crippen molar-refractivity contribution in [1.29, 1.82) is 0 Å². The summed E-state index contributed by atoms with van der Waals surface area (Å²) in [6.45, 7) is 12.4. The molecular weight excluding hydrogens is 196 g/mol. The van der Waals surface area contributed by atoms with Crippen LogP contribution in [0, 0.1) is 19.8 Å². The highest BCUT2D eigenvalue weighted by Gasteiger charge is 2.03.